The molecule has 3 nitrogen and oxygen atoms in total. The maximum Gasteiger partial charge on any atom is 0.222 e. The van der Waals surface area contributed by atoms with Gasteiger partial charge in [0, 0.05) is 4.92 Å². The van der Waals surface area contributed by atoms with Gasteiger partial charge in [0.05, 0.1) is 0 Å². The number of rotatable bonds is 2. The van der Waals surface area contributed by atoms with Crippen molar-refractivity contribution in [1.82, 2.24) is 0 Å². The van der Waals surface area contributed by atoms with Crippen molar-refractivity contribution >= 4 is 0 Å². The maximum atomic E-state index is 9.78. The van der Waals surface area contributed by atoms with Crippen molar-refractivity contribution in [1.29, 1.82) is 0 Å². The number of allylic oxidation sites excluding steroid dienone is 3. The summed E-state index contributed by atoms with van der Waals surface area (Å²) in [5.41, 5.74) is 1.08. The Morgan fingerprint density at radius 1 is 1.89 bits per heavy atom. The number of hydrogen-bond acceptors (Lipinski definition) is 2. The molecule has 0 aliphatic heterocycles. The Morgan fingerprint density at radius 2 is 2.56 bits per heavy atom. The number of hydrogen-bond donors (Lipinski definition) is 0. The fourth-order valence-electron chi connectivity index (χ4n) is 0.597. The van der Waals surface area contributed by atoms with Gasteiger partial charge in [0.15, 0.2) is 0 Å². The summed E-state index contributed by atoms with van der Waals surface area (Å²) >= 11 is 0. The number of nitrogens with zero attached hydrogens (tertiary/aromatic N) is 1. The zero-order valence-electron chi connectivity index (χ0n) is 4.91. The minimum atomic E-state index is -0.334. The van der Waals surface area contributed by atoms with Gasteiger partial charge in [-0.15, -0.1) is 0 Å². The molecule has 0 aromatic carbocycles. The van der Waals surface area contributed by atoms with Crippen LogP contribution in [0.2, 0.25) is 0 Å². The van der Waals surface area contributed by atoms with Gasteiger partial charge in [-0.25, -0.2) is 0 Å². The summed E-state index contributed by atoms with van der Waals surface area (Å²) < 4.78 is 0. The minimum absolute atomic E-state index is 0.0420. The van der Waals surface area contributed by atoms with E-state index in [4.69, 9.17) is 0 Å². The van der Waals surface area contributed by atoms with Crippen LogP contribution in [0.4, 0.5) is 0 Å². The molecule has 0 aromatic rings. The molecule has 3 heteroatoms. The maximum absolute atomic E-state index is 9.78. The van der Waals surface area contributed by atoms with Crippen LogP contribution in [0.3, 0.4) is 0 Å². The molecule has 0 saturated heterocycles. The lowest BCUT2D eigenvalue weighted by Gasteiger charge is -2.03. The lowest BCUT2D eigenvalue weighted by molar-refractivity contribution is -0.468. The van der Waals surface area contributed by atoms with E-state index in [1.807, 2.05) is 12.2 Å². The Labute approximate surface area is 52.8 Å². The van der Waals surface area contributed by atoms with E-state index in [1.165, 1.54) is 0 Å². The van der Waals surface area contributed by atoms with E-state index in [0.717, 1.165) is 12.0 Å². The number of nitro groups is 1. The predicted molar refractivity (Wildman–Crippen MR) is 33.7 cm³/mol. The molecule has 0 aromatic heterocycles. The molecule has 0 spiro atoms. The SMILES string of the molecule is O=[N+]([O-])C/C=C1\C=CC1. The highest BCUT2D eigenvalue weighted by molar-refractivity contribution is 5.30. The third-order valence-electron chi connectivity index (χ3n) is 1.19. The van der Waals surface area contributed by atoms with Gasteiger partial charge in [0.25, 0.3) is 0 Å². The molecule has 0 saturated carbocycles. The fraction of sp³-hybridized carbons (Fsp3) is 0.333. The first-order valence-electron chi connectivity index (χ1n) is 2.76. The third-order valence-corrected chi connectivity index (χ3v) is 1.19. The van der Waals surface area contributed by atoms with Gasteiger partial charge in [-0.2, -0.15) is 0 Å². The van der Waals surface area contributed by atoms with Gasteiger partial charge in [-0.05, 0) is 18.1 Å². The van der Waals surface area contributed by atoms with Crippen LogP contribution in [0.1, 0.15) is 6.42 Å². The van der Waals surface area contributed by atoms with E-state index >= 15 is 0 Å². The Morgan fingerprint density at radius 3 is 2.89 bits per heavy atom. The van der Waals surface area contributed by atoms with Crippen LogP contribution < -0.4 is 0 Å². The first-order valence-corrected chi connectivity index (χ1v) is 2.76. The summed E-state index contributed by atoms with van der Waals surface area (Å²) in [6.45, 7) is -0.0420. The van der Waals surface area contributed by atoms with Crippen molar-refractivity contribution in [3.8, 4) is 0 Å². The lowest BCUT2D eigenvalue weighted by atomic mass is 10.0. The second kappa shape index (κ2) is 2.44. The smallest absolute Gasteiger partial charge is 0.222 e. The van der Waals surface area contributed by atoms with E-state index in [9.17, 15) is 10.1 Å². The Balaban J connectivity index is 2.32. The van der Waals surface area contributed by atoms with E-state index in [2.05, 4.69) is 0 Å². The molecule has 0 bridgehead atoms. The Hall–Kier alpha value is -1.12. The first kappa shape index (κ1) is 6.01. The molecule has 48 valence electrons. The summed E-state index contributed by atoms with van der Waals surface area (Å²) in [4.78, 5) is 9.45. The van der Waals surface area contributed by atoms with Crippen molar-refractivity contribution in [2.75, 3.05) is 6.54 Å². The molecule has 0 unspecified atom stereocenters. The van der Waals surface area contributed by atoms with E-state index in [-0.39, 0.29) is 11.5 Å². The highest BCUT2D eigenvalue weighted by atomic mass is 16.6. The first-order chi connectivity index (χ1) is 4.29. The monoisotopic (exact) mass is 125 g/mol. The zero-order valence-corrected chi connectivity index (χ0v) is 4.91. The van der Waals surface area contributed by atoms with Crippen molar-refractivity contribution in [3.63, 3.8) is 0 Å². The quantitative estimate of drug-likeness (QED) is 0.410. The van der Waals surface area contributed by atoms with Crippen molar-refractivity contribution in [2.24, 2.45) is 0 Å². The molecule has 1 aliphatic rings. The molecule has 1 aliphatic carbocycles. The van der Waals surface area contributed by atoms with Crippen LogP contribution in [0, 0.1) is 10.1 Å². The second-order valence-electron chi connectivity index (χ2n) is 1.90. The highest BCUT2D eigenvalue weighted by Crippen LogP contribution is 2.13. The van der Waals surface area contributed by atoms with Crippen LogP contribution >= 0.6 is 0 Å². The van der Waals surface area contributed by atoms with Crippen molar-refractivity contribution in [3.05, 3.63) is 33.9 Å². The highest BCUT2D eigenvalue weighted by Gasteiger charge is 1.99. The normalized spacial score (nSPS) is 19.8. The molecule has 0 amide bonds. The van der Waals surface area contributed by atoms with Gasteiger partial charge < -0.3 is 0 Å². The second-order valence-corrected chi connectivity index (χ2v) is 1.90. The van der Waals surface area contributed by atoms with Crippen LogP contribution in [0.25, 0.3) is 0 Å². The van der Waals surface area contributed by atoms with Gasteiger partial charge in [0.2, 0.25) is 6.54 Å². The summed E-state index contributed by atoms with van der Waals surface area (Å²) in [5.74, 6) is 0. The summed E-state index contributed by atoms with van der Waals surface area (Å²) in [6.07, 6.45) is 6.41. The van der Waals surface area contributed by atoms with Crippen molar-refractivity contribution in [2.45, 2.75) is 6.42 Å². The van der Waals surface area contributed by atoms with Crippen LogP contribution in [-0.2, 0) is 0 Å². The average Bonchev–Trinajstić information content (AvgIpc) is 1.60. The summed E-state index contributed by atoms with van der Waals surface area (Å²) in [6, 6.07) is 0. The van der Waals surface area contributed by atoms with Gasteiger partial charge in [-0.1, -0.05) is 12.2 Å². The van der Waals surface area contributed by atoms with Crippen LogP contribution in [0.5, 0.6) is 0 Å². The molecular formula is C6H7NO2. The molecule has 0 atom stereocenters. The topological polar surface area (TPSA) is 43.1 Å². The molecule has 0 fully saturated rings. The molecule has 0 heterocycles. The van der Waals surface area contributed by atoms with E-state index in [1.54, 1.807) is 6.08 Å². The minimum Gasteiger partial charge on any atom is -0.264 e. The van der Waals surface area contributed by atoms with Gasteiger partial charge >= 0.3 is 0 Å². The predicted octanol–water partition coefficient (Wildman–Crippen LogP) is 1.15. The summed E-state index contributed by atoms with van der Waals surface area (Å²) in [7, 11) is 0. The largest absolute Gasteiger partial charge is 0.264 e. The van der Waals surface area contributed by atoms with E-state index in [0.29, 0.717) is 0 Å². The third kappa shape index (κ3) is 1.68. The molecule has 1 rings (SSSR count). The van der Waals surface area contributed by atoms with Crippen LogP contribution in [0.15, 0.2) is 23.8 Å². The molecular weight excluding hydrogens is 118 g/mol. The Bertz CT molecular complexity index is 181. The van der Waals surface area contributed by atoms with E-state index < -0.39 is 0 Å². The molecule has 0 N–H and O–H groups in total. The molecule has 0 radical (unpaired) electrons. The standard InChI is InChI=1S/C6H7NO2/c8-7(9)5-4-6-2-1-3-6/h1-2,4H,3,5H2/b6-4+. The van der Waals surface area contributed by atoms with Gasteiger partial charge in [0.1, 0.15) is 0 Å². The van der Waals surface area contributed by atoms with Gasteiger partial charge in [-0.3, -0.25) is 10.1 Å². The van der Waals surface area contributed by atoms with Crippen molar-refractivity contribution < 1.29 is 4.92 Å². The lowest BCUT2D eigenvalue weighted by Crippen LogP contribution is -1.98. The summed E-state index contributed by atoms with van der Waals surface area (Å²) in [5, 5.41) is 9.78. The fourth-order valence-corrected chi connectivity index (χ4v) is 0.597. The Kier molecular flexibility index (Phi) is 1.63. The molecule has 9 heavy (non-hydrogen) atoms. The average molecular weight is 125 g/mol. The van der Waals surface area contributed by atoms with Crippen LogP contribution in [-0.4, -0.2) is 11.5 Å². The zero-order chi connectivity index (χ0) is 6.69.